The molecular weight excluding hydrogens is 435 g/mol. The number of nitrogens with one attached hydrogen (secondary N) is 1. The Bertz CT molecular complexity index is 1450. The average molecular weight is 458 g/mol. The Morgan fingerprint density at radius 1 is 1.12 bits per heavy atom. The number of hydrogen-bond acceptors (Lipinski definition) is 5. The van der Waals surface area contributed by atoms with E-state index in [-0.39, 0.29) is 17.5 Å². The van der Waals surface area contributed by atoms with E-state index in [9.17, 15) is 19.4 Å². The van der Waals surface area contributed by atoms with Crippen LogP contribution in [0.2, 0.25) is 0 Å². The molecule has 4 aromatic rings. The van der Waals surface area contributed by atoms with Crippen molar-refractivity contribution in [1.29, 1.82) is 5.41 Å². The Morgan fingerprint density at radius 3 is 2.50 bits per heavy atom. The second kappa shape index (κ2) is 8.90. The first-order valence-electron chi connectivity index (χ1n) is 10.6. The number of hydrogen-bond donors (Lipinski definition) is 3. The van der Waals surface area contributed by atoms with Crippen LogP contribution in [0, 0.1) is 11.2 Å². The van der Waals surface area contributed by atoms with Gasteiger partial charge in [0.15, 0.2) is 0 Å². The molecule has 0 aliphatic heterocycles. The number of aliphatic hydroxyl groups excluding tert-OH is 1. The molecule has 0 amide bonds. The summed E-state index contributed by atoms with van der Waals surface area (Å²) >= 11 is 0. The van der Waals surface area contributed by atoms with Gasteiger partial charge in [0.2, 0.25) is 0 Å². The maximum atomic E-state index is 14.0. The molecule has 34 heavy (non-hydrogen) atoms. The van der Waals surface area contributed by atoms with Gasteiger partial charge in [-0.25, -0.2) is 9.18 Å². The topological polar surface area (TPSA) is 112 Å². The number of allylic oxidation sites excluding steroid dienone is 2. The first-order chi connectivity index (χ1) is 16.2. The number of aromatic nitrogens is 3. The zero-order chi connectivity index (χ0) is 24.6. The molecule has 172 valence electrons. The average Bonchev–Trinajstić information content (AvgIpc) is 3.17. The molecule has 0 saturated heterocycles. The van der Waals surface area contributed by atoms with E-state index in [2.05, 4.69) is 9.97 Å². The maximum absolute atomic E-state index is 14.0. The highest BCUT2D eigenvalue weighted by Gasteiger charge is 2.21. The van der Waals surface area contributed by atoms with Crippen LogP contribution in [0.15, 0.2) is 66.8 Å². The fourth-order valence-electron chi connectivity index (χ4n) is 4.11. The molecule has 1 atom stereocenters. The van der Waals surface area contributed by atoms with Crippen LogP contribution in [0.5, 0.6) is 0 Å². The quantitative estimate of drug-likeness (QED) is 0.247. The molecule has 0 aliphatic rings. The molecule has 0 radical (unpaired) electrons. The van der Waals surface area contributed by atoms with Crippen molar-refractivity contribution in [2.45, 2.75) is 26.8 Å². The first-order valence-corrected chi connectivity index (χ1v) is 10.6. The van der Waals surface area contributed by atoms with Crippen LogP contribution in [-0.4, -0.2) is 36.4 Å². The molecule has 0 aliphatic carbocycles. The molecule has 0 bridgehead atoms. The standard InChI is InChI=1S/C26H23FN4O3/c1-14(28)24(16(3)32)18-11-23-25(30-12-18)20(17-7-8-21(27)19(10-17)26(33)34)13-31(23)15(2)22-6-4-5-9-29-22/h4-13,15,28,32H,1-3H3,(H,33,34)/b24-16+,28-14?/t15-/m0/s1. The molecule has 0 spiro atoms. The van der Waals surface area contributed by atoms with Crippen molar-refractivity contribution < 1.29 is 19.4 Å². The highest BCUT2D eigenvalue weighted by Crippen LogP contribution is 2.35. The van der Waals surface area contributed by atoms with Gasteiger partial charge >= 0.3 is 5.97 Å². The Morgan fingerprint density at radius 2 is 1.88 bits per heavy atom. The van der Waals surface area contributed by atoms with Gasteiger partial charge in [0.05, 0.1) is 34.1 Å². The number of halogens is 1. The summed E-state index contributed by atoms with van der Waals surface area (Å²) in [4.78, 5) is 20.6. The van der Waals surface area contributed by atoms with E-state index in [0.717, 1.165) is 11.8 Å². The molecule has 3 heterocycles. The minimum Gasteiger partial charge on any atom is -0.512 e. The third kappa shape index (κ3) is 4.05. The number of carboxylic acid groups (broad SMARTS) is 1. The lowest BCUT2D eigenvalue weighted by molar-refractivity contribution is 0.0692. The normalized spacial score (nSPS) is 12.9. The van der Waals surface area contributed by atoms with Gasteiger partial charge in [-0.2, -0.15) is 0 Å². The van der Waals surface area contributed by atoms with E-state index in [1.165, 1.54) is 19.1 Å². The lowest BCUT2D eigenvalue weighted by atomic mass is 10.0. The fourth-order valence-corrected chi connectivity index (χ4v) is 4.11. The highest BCUT2D eigenvalue weighted by molar-refractivity contribution is 6.22. The molecule has 0 fully saturated rings. The van der Waals surface area contributed by atoms with Crippen molar-refractivity contribution >= 4 is 28.3 Å². The third-order valence-corrected chi connectivity index (χ3v) is 5.74. The van der Waals surface area contributed by atoms with Crippen LogP contribution < -0.4 is 0 Å². The summed E-state index contributed by atoms with van der Waals surface area (Å²) in [5.74, 6) is -2.16. The molecule has 3 aromatic heterocycles. The summed E-state index contributed by atoms with van der Waals surface area (Å²) in [5, 5.41) is 27.6. The van der Waals surface area contributed by atoms with Crippen molar-refractivity contribution in [2.24, 2.45) is 0 Å². The van der Waals surface area contributed by atoms with Crippen LogP contribution in [0.25, 0.3) is 27.7 Å². The van der Waals surface area contributed by atoms with Crippen molar-refractivity contribution in [1.82, 2.24) is 14.5 Å². The third-order valence-electron chi connectivity index (χ3n) is 5.74. The molecular formula is C26H23FN4O3. The monoisotopic (exact) mass is 458 g/mol. The zero-order valence-electron chi connectivity index (χ0n) is 18.9. The molecule has 8 heteroatoms. The van der Waals surface area contributed by atoms with Gasteiger partial charge < -0.3 is 20.2 Å². The van der Waals surface area contributed by atoms with Crippen molar-refractivity contribution in [2.75, 3.05) is 0 Å². The summed E-state index contributed by atoms with van der Waals surface area (Å²) < 4.78 is 16.0. The van der Waals surface area contributed by atoms with Crippen LogP contribution in [-0.2, 0) is 0 Å². The van der Waals surface area contributed by atoms with Gasteiger partial charge in [-0.15, -0.1) is 0 Å². The van der Waals surface area contributed by atoms with E-state index in [1.54, 1.807) is 19.3 Å². The lowest BCUT2D eigenvalue weighted by Crippen LogP contribution is -2.07. The fraction of sp³-hybridized carbons (Fsp3) is 0.154. The van der Waals surface area contributed by atoms with Gasteiger partial charge in [0.25, 0.3) is 0 Å². The van der Waals surface area contributed by atoms with Crippen molar-refractivity contribution in [3.8, 4) is 11.1 Å². The molecule has 1 aromatic carbocycles. The van der Waals surface area contributed by atoms with Gasteiger partial charge in [-0.3, -0.25) is 9.97 Å². The van der Waals surface area contributed by atoms with E-state index in [1.807, 2.05) is 42.0 Å². The van der Waals surface area contributed by atoms with Gasteiger partial charge in [-0.1, -0.05) is 12.1 Å². The minimum atomic E-state index is -1.35. The smallest absolute Gasteiger partial charge is 0.338 e. The molecule has 0 unspecified atom stereocenters. The summed E-state index contributed by atoms with van der Waals surface area (Å²) in [6, 6.07) is 11.2. The van der Waals surface area contributed by atoms with Crippen LogP contribution in [0.3, 0.4) is 0 Å². The number of fused-ring (bicyclic) bond motifs is 1. The van der Waals surface area contributed by atoms with Gasteiger partial charge in [0.1, 0.15) is 5.82 Å². The molecule has 4 rings (SSSR count). The Kier molecular flexibility index (Phi) is 5.98. The van der Waals surface area contributed by atoms with E-state index >= 15 is 0 Å². The maximum Gasteiger partial charge on any atom is 0.338 e. The highest BCUT2D eigenvalue weighted by atomic mass is 19.1. The summed E-state index contributed by atoms with van der Waals surface area (Å²) in [6.45, 7) is 5.08. The SMILES string of the molecule is CC(=N)/C(=C(/C)O)c1cnc2c(-c3ccc(F)c(C(=O)O)c3)cn([C@@H](C)c3ccccn3)c2c1. The van der Waals surface area contributed by atoms with Crippen LogP contribution >= 0.6 is 0 Å². The van der Waals surface area contributed by atoms with Gasteiger partial charge in [-0.05, 0) is 56.7 Å². The number of pyridine rings is 2. The number of aromatic carboxylic acids is 1. The summed E-state index contributed by atoms with van der Waals surface area (Å²) in [5.41, 5.74) is 3.94. The summed E-state index contributed by atoms with van der Waals surface area (Å²) in [7, 11) is 0. The largest absolute Gasteiger partial charge is 0.512 e. The number of aliphatic hydroxyl groups is 1. The van der Waals surface area contributed by atoms with E-state index in [0.29, 0.717) is 33.3 Å². The number of nitrogens with zero attached hydrogens (tertiary/aromatic N) is 3. The zero-order valence-corrected chi connectivity index (χ0v) is 18.9. The lowest BCUT2D eigenvalue weighted by Gasteiger charge is -2.15. The van der Waals surface area contributed by atoms with Crippen molar-refractivity contribution in [3.05, 3.63) is 89.5 Å². The number of benzene rings is 1. The first kappa shape index (κ1) is 22.8. The van der Waals surface area contributed by atoms with Crippen LogP contribution in [0.4, 0.5) is 4.39 Å². The number of rotatable bonds is 6. The molecule has 7 nitrogen and oxygen atoms in total. The predicted molar refractivity (Wildman–Crippen MR) is 129 cm³/mol. The van der Waals surface area contributed by atoms with E-state index in [4.69, 9.17) is 5.41 Å². The summed E-state index contributed by atoms with van der Waals surface area (Å²) in [6.07, 6.45) is 5.11. The Balaban J connectivity index is 2.00. The Labute approximate surface area is 195 Å². The van der Waals surface area contributed by atoms with E-state index < -0.39 is 17.3 Å². The number of carboxylic acids is 1. The van der Waals surface area contributed by atoms with Crippen molar-refractivity contribution in [3.63, 3.8) is 0 Å². The van der Waals surface area contributed by atoms with Gasteiger partial charge in [0, 0.05) is 41.0 Å². The minimum absolute atomic E-state index is 0.00869. The second-order valence-corrected chi connectivity index (χ2v) is 8.06. The molecule has 0 saturated carbocycles. The molecule has 3 N–H and O–H groups in total. The second-order valence-electron chi connectivity index (χ2n) is 8.06. The number of carbonyl (C=O) groups is 1. The predicted octanol–water partition coefficient (Wildman–Crippen LogP) is 5.87. The van der Waals surface area contributed by atoms with Crippen LogP contribution in [0.1, 0.15) is 48.4 Å². The Hall–Kier alpha value is -4.33.